The second-order valence-electron chi connectivity index (χ2n) is 3.32. The predicted octanol–water partition coefficient (Wildman–Crippen LogP) is 0.272. The summed E-state index contributed by atoms with van der Waals surface area (Å²) in [7, 11) is 0. The highest BCUT2D eigenvalue weighted by molar-refractivity contribution is 6.33. The van der Waals surface area contributed by atoms with Crippen molar-refractivity contribution >= 4 is 17.6 Å². The van der Waals surface area contributed by atoms with Crippen molar-refractivity contribution in [2.45, 2.75) is 0 Å². The largest absolute Gasteiger partial charge is 0.478 e. The molecule has 0 atom stereocenters. The molecule has 0 amide bonds. The number of nitrogens with zero attached hydrogens (tertiary/aromatic N) is 2. The molecule has 0 aliphatic heterocycles. The fourth-order valence-electron chi connectivity index (χ4n) is 1.35. The van der Waals surface area contributed by atoms with Crippen molar-refractivity contribution in [1.82, 2.24) is 14.8 Å². The van der Waals surface area contributed by atoms with Crippen LogP contribution < -0.4 is 11.2 Å². The van der Waals surface area contributed by atoms with E-state index in [1.807, 2.05) is 4.98 Å². The molecule has 2 N–H and O–H groups in total. The number of aromatic carboxylic acids is 1. The molecule has 0 bridgehead atoms. The van der Waals surface area contributed by atoms with E-state index >= 15 is 0 Å². The number of hydrogen-bond acceptors (Lipinski definition) is 4. The maximum Gasteiger partial charge on any atom is 0.349 e. The quantitative estimate of drug-likeness (QED) is 0.813. The van der Waals surface area contributed by atoms with Crippen molar-refractivity contribution in [2.24, 2.45) is 0 Å². The summed E-state index contributed by atoms with van der Waals surface area (Å²) >= 11 is 5.70. The van der Waals surface area contributed by atoms with Crippen molar-refractivity contribution in [2.75, 3.05) is 0 Å². The average molecular weight is 268 g/mol. The molecule has 2 rings (SSSR count). The highest BCUT2D eigenvalue weighted by Crippen LogP contribution is 2.18. The van der Waals surface area contributed by atoms with Gasteiger partial charge in [-0.1, -0.05) is 11.6 Å². The molecule has 92 valence electrons. The minimum Gasteiger partial charge on any atom is -0.478 e. The smallest absolute Gasteiger partial charge is 0.349 e. The normalized spacial score (nSPS) is 10.3. The summed E-state index contributed by atoms with van der Waals surface area (Å²) in [6, 6.07) is 3.94. The summed E-state index contributed by atoms with van der Waals surface area (Å²) in [6.45, 7) is 0. The molecule has 0 unspecified atom stereocenters. The number of aromatic amines is 1. The summed E-state index contributed by atoms with van der Waals surface area (Å²) in [5.41, 5.74) is -1.36. The van der Waals surface area contributed by atoms with Gasteiger partial charge in [-0.25, -0.2) is 9.59 Å². The van der Waals surface area contributed by atoms with Gasteiger partial charge in [-0.05, 0) is 18.2 Å². The molecule has 0 fully saturated rings. The Morgan fingerprint density at radius 2 is 2.11 bits per heavy atom. The molecule has 1 aromatic heterocycles. The first-order valence-electron chi connectivity index (χ1n) is 4.71. The molecule has 1 heterocycles. The Morgan fingerprint density at radius 1 is 1.39 bits per heavy atom. The molecule has 0 radical (unpaired) electrons. The van der Waals surface area contributed by atoms with Gasteiger partial charge in [0.25, 0.3) is 5.56 Å². The van der Waals surface area contributed by atoms with Crippen LogP contribution in [-0.4, -0.2) is 25.8 Å². The molecule has 0 aliphatic carbocycles. The first-order chi connectivity index (χ1) is 8.49. The highest BCUT2D eigenvalue weighted by atomic mass is 35.5. The average Bonchev–Trinajstić information content (AvgIpc) is 2.30. The van der Waals surface area contributed by atoms with E-state index < -0.39 is 17.2 Å². The molecule has 8 heteroatoms. The van der Waals surface area contributed by atoms with Crippen molar-refractivity contribution in [3.63, 3.8) is 0 Å². The lowest BCUT2D eigenvalue weighted by Crippen LogP contribution is -2.30. The zero-order valence-corrected chi connectivity index (χ0v) is 9.51. The molecular weight excluding hydrogens is 262 g/mol. The third kappa shape index (κ3) is 2.16. The van der Waals surface area contributed by atoms with E-state index in [1.54, 1.807) is 0 Å². The lowest BCUT2D eigenvalue weighted by Gasteiger charge is -2.05. The van der Waals surface area contributed by atoms with Crippen molar-refractivity contribution < 1.29 is 9.90 Å². The van der Waals surface area contributed by atoms with Gasteiger partial charge in [-0.2, -0.15) is 9.78 Å². The summed E-state index contributed by atoms with van der Waals surface area (Å²) in [4.78, 5) is 35.2. The molecular formula is C10H6ClN3O4. The number of carbonyl (C=O) groups is 1. The lowest BCUT2D eigenvalue weighted by atomic mass is 10.2. The van der Waals surface area contributed by atoms with E-state index in [-0.39, 0.29) is 16.3 Å². The van der Waals surface area contributed by atoms with Crippen LogP contribution in [0.25, 0.3) is 5.69 Å². The van der Waals surface area contributed by atoms with Gasteiger partial charge in [0.05, 0.1) is 16.3 Å². The van der Waals surface area contributed by atoms with Crippen molar-refractivity contribution in [1.29, 1.82) is 0 Å². The summed E-state index contributed by atoms with van der Waals surface area (Å²) in [6.07, 6.45) is 0.913. The summed E-state index contributed by atoms with van der Waals surface area (Å²) in [5.74, 6) is -1.22. The van der Waals surface area contributed by atoms with Gasteiger partial charge < -0.3 is 5.11 Å². The van der Waals surface area contributed by atoms with Crippen LogP contribution in [0.3, 0.4) is 0 Å². The molecule has 0 aliphatic rings. The standard InChI is InChI=1S/C10H6ClN3O4/c11-7-2-1-5(3-6(7)9(16)17)14-10(18)13-8(15)4-12-14/h1-4H,(H,16,17)(H,13,15,18). The fourth-order valence-corrected chi connectivity index (χ4v) is 1.54. The lowest BCUT2D eigenvalue weighted by molar-refractivity contribution is 0.0697. The van der Waals surface area contributed by atoms with Gasteiger partial charge in [0.2, 0.25) is 0 Å². The first kappa shape index (κ1) is 12.1. The molecule has 0 saturated heterocycles. The molecule has 18 heavy (non-hydrogen) atoms. The minimum absolute atomic E-state index is 0.0451. The van der Waals surface area contributed by atoms with Crippen LogP contribution in [-0.2, 0) is 0 Å². The van der Waals surface area contributed by atoms with Gasteiger partial charge in [0.1, 0.15) is 6.20 Å². The van der Waals surface area contributed by atoms with Crippen LogP contribution in [0.5, 0.6) is 0 Å². The molecule has 0 saturated carbocycles. The summed E-state index contributed by atoms with van der Waals surface area (Å²) < 4.78 is 0.865. The number of nitrogens with one attached hydrogen (secondary N) is 1. The predicted molar refractivity (Wildman–Crippen MR) is 62.4 cm³/mol. The van der Waals surface area contributed by atoms with Crippen LogP contribution in [0, 0.1) is 0 Å². The van der Waals surface area contributed by atoms with Crippen LogP contribution in [0.4, 0.5) is 0 Å². The molecule has 1 aromatic carbocycles. The van der Waals surface area contributed by atoms with E-state index in [1.165, 1.54) is 18.2 Å². The number of rotatable bonds is 2. The van der Waals surface area contributed by atoms with Gasteiger partial charge in [-0.3, -0.25) is 9.78 Å². The van der Waals surface area contributed by atoms with Crippen LogP contribution in [0.15, 0.2) is 34.0 Å². The Balaban J connectivity index is 2.65. The Labute approximate surface area is 104 Å². The fraction of sp³-hybridized carbons (Fsp3) is 0. The van der Waals surface area contributed by atoms with E-state index in [4.69, 9.17) is 16.7 Å². The monoisotopic (exact) mass is 267 g/mol. The van der Waals surface area contributed by atoms with Gasteiger partial charge >= 0.3 is 11.7 Å². The van der Waals surface area contributed by atoms with E-state index in [0.717, 1.165) is 10.9 Å². The number of hydrogen-bond donors (Lipinski definition) is 2. The van der Waals surface area contributed by atoms with Crippen LogP contribution >= 0.6 is 11.6 Å². The number of carboxylic acid groups (broad SMARTS) is 1. The van der Waals surface area contributed by atoms with E-state index in [9.17, 15) is 14.4 Å². The molecule has 7 nitrogen and oxygen atoms in total. The maximum atomic E-state index is 11.5. The second kappa shape index (κ2) is 4.46. The highest BCUT2D eigenvalue weighted by Gasteiger charge is 2.11. The first-order valence-corrected chi connectivity index (χ1v) is 5.09. The minimum atomic E-state index is -1.22. The zero-order chi connectivity index (χ0) is 13.3. The Kier molecular flexibility index (Phi) is 2.99. The Hall–Kier alpha value is -2.41. The maximum absolute atomic E-state index is 11.5. The van der Waals surface area contributed by atoms with Gasteiger partial charge in [0.15, 0.2) is 0 Å². The molecule has 2 aromatic rings. The number of aromatic nitrogens is 3. The number of H-pyrrole nitrogens is 1. The van der Waals surface area contributed by atoms with Crippen molar-refractivity contribution in [3.05, 3.63) is 55.8 Å². The zero-order valence-electron chi connectivity index (χ0n) is 8.75. The van der Waals surface area contributed by atoms with Crippen molar-refractivity contribution in [3.8, 4) is 5.69 Å². The van der Waals surface area contributed by atoms with Crippen LogP contribution in [0.1, 0.15) is 10.4 Å². The Bertz CT molecular complexity index is 734. The van der Waals surface area contributed by atoms with E-state index in [0.29, 0.717) is 0 Å². The number of carboxylic acids is 1. The van der Waals surface area contributed by atoms with E-state index in [2.05, 4.69) is 5.10 Å². The second-order valence-corrected chi connectivity index (χ2v) is 3.73. The molecule has 0 spiro atoms. The number of benzene rings is 1. The number of halogens is 1. The topological polar surface area (TPSA) is 105 Å². The third-order valence-electron chi connectivity index (χ3n) is 2.14. The van der Waals surface area contributed by atoms with Crippen LogP contribution in [0.2, 0.25) is 5.02 Å². The van der Waals surface area contributed by atoms with Gasteiger partial charge in [-0.15, -0.1) is 0 Å². The summed E-state index contributed by atoms with van der Waals surface area (Å²) in [5, 5.41) is 12.5. The third-order valence-corrected chi connectivity index (χ3v) is 2.47. The van der Waals surface area contributed by atoms with Gasteiger partial charge in [0, 0.05) is 0 Å². The SMILES string of the molecule is O=C(O)c1cc(-n2ncc(=O)[nH]c2=O)ccc1Cl. The Morgan fingerprint density at radius 3 is 2.72 bits per heavy atom.